The fraction of sp³-hybridized carbons (Fsp3) is 0.364. The fourth-order valence-corrected chi connectivity index (χ4v) is 4.42. The van der Waals surface area contributed by atoms with E-state index in [1.165, 1.54) is 23.1 Å². The molecule has 0 saturated carbocycles. The van der Waals surface area contributed by atoms with Crippen LogP contribution in [-0.2, 0) is 30.9 Å². The van der Waals surface area contributed by atoms with E-state index in [1.54, 1.807) is 27.0 Å². The molecule has 0 aliphatic carbocycles. The first-order valence-corrected chi connectivity index (χ1v) is 11.6. The number of ether oxygens (including phenoxy) is 1. The van der Waals surface area contributed by atoms with Gasteiger partial charge < -0.3 is 9.64 Å². The van der Waals surface area contributed by atoms with Gasteiger partial charge >= 0.3 is 5.97 Å². The predicted molar refractivity (Wildman–Crippen MR) is 119 cm³/mol. The van der Waals surface area contributed by atoms with Gasteiger partial charge in [0, 0.05) is 18.6 Å². The highest BCUT2D eigenvalue weighted by Crippen LogP contribution is 2.17. The van der Waals surface area contributed by atoms with Gasteiger partial charge in [-0.05, 0) is 42.2 Å². The van der Waals surface area contributed by atoms with E-state index in [9.17, 15) is 18.0 Å². The molecule has 2 aromatic rings. The minimum Gasteiger partial charge on any atom is -0.454 e. The molecule has 0 aromatic heterocycles. The zero-order valence-corrected chi connectivity index (χ0v) is 19.5. The molecule has 0 aliphatic rings. The Morgan fingerprint density at radius 2 is 1.81 bits per heavy atom. The maximum Gasteiger partial charge on any atom is 0.324 e. The van der Waals surface area contributed by atoms with Crippen LogP contribution in [0.1, 0.15) is 25.0 Å². The summed E-state index contributed by atoms with van der Waals surface area (Å²) in [5.41, 5.74) is 2.04. The highest BCUT2D eigenvalue weighted by Gasteiger charge is 2.30. The minimum absolute atomic E-state index is 0.0625. The number of carbonyl (C=O) groups excluding carboxylic acids is 2. The minimum atomic E-state index is -4.00. The van der Waals surface area contributed by atoms with Crippen molar-refractivity contribution in [1.82, 2.24) is 9.62 Å². The zero-order chi connectivity index (χ0) is 23.2. The highest BCUT2D eigenvalue weighted by molar-refractivity contribution is 7.89. The van der Waals surface area contributed by atoms with E-state index < -0.39 is 40.5 Å². The number of aryl methyl sites for hydroxylation is 1. The van der Waals surface area contributed by atoms with Crippen molar-refractivity contribution in [1.29, 1.82) is 0 Å². The average molecular weight is 467 g/mol. The van der Waals surface area contributed by atoms with Gasteiger partial charge in [0.25, 0.3) is 5.91 Å². The lowest BCUT2D eigenvalue weighted by atomic mass is 10.1. The number of likely N-dealkylation sites (N-methyl/N-ethyl adjacent to an activating group) is 1. The molecule has 0 saturated heterocycles. The number of benzene rings is 2. The van der Waals surface area contributed by atoms with Crippen molar-refractivity contribution in [2.45, 2.75) is 38.3 Å². The molecule has 0 spiro atoms. The molecule has 1 N–H and O–H groups in total. The van der Waals surface area contributed by atoms with Crippen LogP contribution in [0.3, 0.4) is 0 Å². The van der Waals surface area contributed by atoms with E-state index in [4.69, 9.17) is 16.3 Å². The van der Waals surface area contributed by atoms with Crippen molar-refractivity contribution in [3.63, 3.8) is 0 Å². The average Bonchev–Trinajstić information content (AvgIpc) is 2.71. The molecule has 0 aliphatic heterocycles. The number of nitrogens with one attached hydrogen (secondary N) is 1. The van der Waals surface area contributed by atoms with Crippen LogP contribution in [-0.4, -0.2) is 44.9 Å². The summed E-state index contributed by atoms with van der Waals surface area (Å²) in [6, 6.07) is 12.2. The Labute approximate surface area is 188 Å². The number of amides is 1. The van der Waals surface area contributed by atoms with Crippen LogP contribution in [0.2, 0.25) is 5.02 Å². The molecule has 0 fully saturated rings. The van der Waals surface area contributed by atoms with Crippen molar-refractivity contribution in [2.75, 3.05) is 13.7 Å². The first-order valence-electron chi connectivity index (χ1n) is 9.74. The van der Waals surface area contributed by atoms with E-state index >= 15 is 0 Å². The predicted octanol–water partition coefficient (Wildman–Crippen LogP) is 3.15. The van der Waals surface area contributed by atoms with Gasteiger partial charge in [0.2, 0.25) is 10.0 Å². The van der Waals surface area contributed by atoms with Crippen LogP contribution in [0.15, 0.2) is 53.4 Å². The fourth-order valence-electron chi connectivity index (χ4n) is 2.79. The third-order valence-corrected chi connectivity index (χ3v) is 6.42. The molecule has 2 rings (SSSR count). The summed E-state index contributed by atoms with van der Waals surface area (Å²) >= 11 is 5.87. The van der Waals surface area contributed by atoms with Crippen LogP contribution in [0, 0.1) is 12.8 Å². The smallest absolute Gasteiger partial charge is 0.324 e. The van der Waals surface area contributed by atoms with E-state index in [1.807, 2.05) is 31.2 Å². The molecule has 9 heteroatoms. The number of carbonyl (C=O) groups is 2. The molecular weight excluding hydrogens is 440 g/mol. The van der Waals surface area contributed by atoms with Gasteiger partial charge in [-0.15, -0.1) is 0 Å². The summed E-state index contributed by atoms with van der Waals surface area (Å²) < 4.78 is 32.8. The molecule has 2 aromatic carbocycles. The Morgan fingerprint density at radius 1 is 1.13 bits per heavy atom. The maximum absolute atomic E-state index is 12.6. The number of esters is 1. The second-order valence-electron chi connectivity index (χ2n) is 7.58. The lowest BCUT2D eigenvalue weighted by molar-refractivity contribution is -0.154. The normalized spacial score (nSPS) is 12.5. The number of hydrogen-bond acceptors (Lipinski definition) is 5. The topological polar surface area (TPSA) is 92.8 Å². The number of sulfonamides is 1. The molecule has 0 heterocycles. The molecule has 168 valence electrons. The van der Waals surface area contributed by atoms with Crippen molar-refractivity contribution >= 4 is 33.5 Å². The van der Waals surface area contributed by atoms with Crippen LogP contribution < -0.4 is 4.72 Å². The Hall–Kier alpha value is -2.42. The zero-order valence-electron chi connectivity index (χ0n) is 18.0. The summed E-state index contributed by atoms with van der Waals surface area (Å²) in [7, 11) is -2.39. The number of hydrogen-bond donors (Lipinski definition) is 1. The second-order valence-corrected chi connectivity index (χ2v) is 9.73. The third kappa shape index (κ3) is 7.05. The van der Waals surface area contributed by atoms with Crippen LogP contribution in [0.25, 0.3) is 0 Å². The quantitative estimate of drug-likeness (QED) is 0.573. The Bertz CT molecular complexity index is 1040. The molecule has 1 atom stereocenters. The van der Waals surface area contributed by atoms with E-state index in [2.05, 4.69) is 4.72 Å². The van der Waals surface area contributed by atoms with Gasteiger partial charge in [-0.1, -0.05) is 55.8 Å². The third-order valence-electron chi connectivity index (χ3n) is 4.74. The first kappa shape index (κ1) is 24.8. The molecule has 0 radical (unpaired) electrons. The van der Waals surface area contributed by atoms with Gasteiger partial charge in [0.1, 0.15) is 6.04 Å². The highest BCUT2D eigenvalue weighted by atomic mass is 35.5. The molecular formula is C22H27ClN2O5S. The first-order chi connectivity index (χ1) is 14.5. The van der Waals surface area contributed by atoms with Crippen molar-refractivity contribution in [3.05, 3.63) is 64.7 Å². The largest absolute Gasteiger partial charge is 0.454 e. The summed E-state index contributed by atoms with van der Waals surface area (Å²) in [6.45, 7) is 5.20. The molecule has 1 amide bonds. The monoisotopic (exact) mass is 466 g/mol. The van der Waals surface area contributed by atoms with Crippen LogP contribution in [0.5, 0.6) is 0 Å². The second kappa shape index (κ2) is 10.7. The van der Waals surface area contributed by atoms with Gasteiger partial charge in [-0.3, -0.25) is 9.59 Å². The summed E-state index contributed by atoms with van der Waals surface area (Å²) in [6.07, 6.45) is 0. The molecule has 0 unspecified atom stereocenters. The lowest BCUT2D eigenvalue weighted by Gasteiger charge is -2.22. The Morgan fingerprint density at radius 3 is 2.42 bits per heavy atom. The van der Waals surface area contributed by atoms with Crippen molar-refractivity contribution in [3.8, 4) is 0 Å². The van der Waals surface area contributed by atoms with Crippen molar-refractivity contribution < 1.29 is 22.7 Å². The summed E-state index contributed by atoms with van der Waals surface area (Å²) in [5.74, 6) is -1.61. The molecule has 0 bridgehead atoms. The summed E-state index contributed by atoms with van der Waals surface area (Å²) in [4.78, 5) is 26.3. The number of rotatable bonds is 9. The van der Waals surface area contributed by atoms with Crippen molar-refractivity contribution in [2.24, 2.45) is 5.92 Å². The number of halogens is 1. The molecule has 31 heavy (non-hydrogen) atoms. The standard InChI is InChI=1S/C22H27ClN2O5S/c1-15(2)21(24-31(28,29)19-11-7-10-18(23)12-19)22(27)30-14-20(26)25(4)13-17-9-6-5-8-16(17)3/h5-12,15,21,24H,13-14H2,1-4H3/t21-/m1/s1. The van der Waals surface area contributed by atoms with E-state index in [0.29, 0.717) is 6.54 Å². The Balaban J connectivity index is 2.00. The van der Waals surface area contributed by atoms with Gasteiger partial charge in [-0.25, -0.2) is 8.42 Å². The SMILES string of the molecule is Cc1ccccc1CN(C)C(=O)COC(=O)[C@H](NS(=O)(=O)c1cccc(Cl)c1)C(C)C. The van der Waals surface area contributed by atoms with Gasteiger partial charge in [0.05, 0.1) is 4.90 Å². The lowest BCUT2D eigenvalue weighted by Crippen LogP contribution is -2.46. The molecule has 7 nitrogen and oxygen atoms in total. The van der Waals surface area contributed by atoms with Gasteiger partial charge in [0.15, 0.2) is 6.61 Å². The van der Waals surface area contributed by atoms with E-state index in [0.717, 1.165) is 11.1 Å². The summed E-state index contributed by atoms with van der Waals surface area (Å²) in [5, 5.41) is 0.258. The van der Waals surface area contributed by atoms with Gasteiger partial charge in [-0.2, -0.15) is 4.72 Å². The van der Waals surface area contributed by atoms with Crippen LogP contribution >= 0.6 is 11.6 Å². The Kier molecular flexibility index (Phi) is 8.61. The maximum atomic E-state index is 12.6. The van der Waals surface area contributed by atoms with Crippen LogP contribution in [0.4, 0.5) is 0 Å². The van der Waals surface area contributed by atoms with E-state index in [-0.39, 0.29) is 9.92 Å². The number of nitrogens with zero attached hydrogens (tertiary/aromatic N) is 1.